The molecule has 0 unspecified atom stereocenters. The zero-order valence-electron chi connectivity index (χ0n) is 7.08. The molecular weight excluding hydrogens is 154 g/mol. The summed E-state index contributed by atoms with van der Waals surface area (Å²) in [5, 5.41) is 9.23. The van der Waals surface area contributed by atoms with Gasteiger partial charge in [0.05, 0.1) is 7.11 Å². The molecule has 1 aromatic carbocycles. The molecule has 0 aliphatic rings. The molecule has 0 saturated heterocycles. The molecule has 3 N–H and O–H groups in total. The second-order valence-corrected chi connectivity index (χ2v) is 2.58. The van der Waals surface area contributed by atoms with Gasteiger partial charge in [0.25, 0.3) is 0 Å². The van der Waals surface area contributed by atoms with Gasteiger partial charge in [0.15, 0.2) is 0 Å². The molecule has 3 nitrogen and oxygen atoms in total. The first-order valence-corrected chi connectivity index (χ1v) is 3.83. The third kappa shape index (κ3) is 2.13. The summed E-state index contributed by atoms with van der Waals surface area (Å²) < 4.78 is 4.98. The van der Waals surface area contributed by atoms with E-state index in [2.05, 4.69) is 0 Å². The number of ether oxygens (including phenoxy) is 1. The number of nitrogens with two attached hydrogens (primary N) is 1. The van der Waals surface area contributed by atoms with E-state index in [9.17, 15) is 5.11 Å². The summed E-state index contributed by atoms with van der Waals surface area (Å²) in [5.41, 5.74) is 6.37. The molecule has 0 saturated carbocycles. The molecule has 0 atom stereocenters. The first kappa shape index (κ1) is 8.87. The molecule has 12 heavy (non-hydrogen) atoms. The van der Waals surface area contributed by atoms with Crippen molar-refractivity contribution in [3.8, 4) is 11.5 Å². The molecule has 0 spiro atoms. The summed E-state index contributed by atoms with van der Waals surface area (Å²) in [4.78, 5) is 0. The number of phenols is 1. The molecule has 0 aliphatic carbocycles. The molecule has 0 amide bonds. The van der Waals surface area contributed by atoms with Crippen LogP contribution in [0.2, 0.25) is 0 Å². The first-order chi connectivity index (χ1) is 5.76. The quantitative estimate of drug-likeness (QED) is 0.703. The third-order valence-electron chi connectivity index (χ3n) is 1.62. The van der Waals surface area contributed by atoms with Crippen LogP contribution in [0.1, 0.15) is 5.56 Å². The second-order valence-electron chi connectivity index (χ2n) is 2.58. The number of rotatable bonds is 3. The average molecular weight is 167 g/mol. The van der Waals surface area contributed by atoms with Crippen molar-refractivity contribution in [1.82, 2.24) is 0 Å². The van der Waals surface area contributed by atoms with E-state index in [1.54, 1.807) is 19.2 Å². The fourth-order valence-corrected chi connectivity index (χ4v) is 1.07. The molecule has 0 bridgehead atoms. The highest BCUT2D eigenvalue weighted by Crippen LogP contribution is 2.21. The zero-order valence-corrected chi connectivity index (χ0v) is 7.08. The van der Waals surface area contributed by atoms with Crippen LogP contribution in [0.4, 0.5) is 0 Å². The van der Waals surface area contributed by atoms with Crippen molar-refractivity contribution in [3.05, 3.63) is 23.8 Å². The summed E-state index contributed by atoms with van der Waals surface area (Å²) in [6.45, 7) is 0.576. The molecule has 0 radical (unpaired) electrons. The van der Waals surface area contributed by atoms with Gasteiger partial charge in [-0.3, -0.25) is 0 Å². The number of phenolic OH excluding ortho intramolecular Hbond substituents is 1. The Bertz CT molecular complexity index is 261. The third-order valence-corrected chi connectivity index (χ3v) is 1.62. The Balaban J connectivity index is 2.90. The van der Waals surface area contributed by atoms with E-state index in [0.717, 1.165) is 12.0 Å². The van der Waals surface area contributed by atoms with Gasteiger partial charge in [0.1, 0.15) is 11.5 Å². The van der Waals surface area contributed by atoms with E-state index in [4.69, 9.17) is 10.5 Å². The van der Waals surface area contributed by atoms with Gasteiger partial charge < -0.3 is 15.6 Å². The lowest BCUT2D eigenvalue weighted by Crippen LogP contribution is -2.02. The maximum Gasteiger partial charge on any atom is 0.122 e. The van der Waals surface area contributed by atoms with Gasteiger partial charge >= 0.3 is 0 Å². The van der Waals surface area contributed by atoms with Gasteiger partial charge in [-0.1, -0.05) is 0 Å². The zero-order chi connectivity index (χ0) is 8.97. The lowest BCUT2D eigenvalue weighted by Gasteiger charge is -2.04. The van der Waals surface area contributed by atoms with Crippen LogP contribution in [0.3, 0.4) is 0 Å². The smallest absolute Gasteiger partial charge is 0.122 e. The van der Waals surface area contributed by atoms with E-state index in [1.165, 1.54) is 0 Å². The highest BCUT2D eigenvalue weighted by Gasteiger charge is 1.98. The topological polar surface area (TPSA) is 55.5 Å². The van der Waals surface area contributed by atoms with Crippen molar-refractivity contribution in [2.75, 3.05) is 13.7 Å². The van der Waals surface area contributed by atoms with Crippen molar-refractivity contribution in [3.63, 3.8) is 0 Å². The van der Waals surface area contributed by atoms with E-state index >= 15 is 0 Å². The molecule has 0 fully saturated rings. The van der Waals surface area contributed by atoms with Gasteiger partial charge in [-0.15, -0.1) is 0 Å². The molecule has 66 valence electrons. The Morgan fingerprint density at radius 2 is 2.17 bits per heavy atom. The maximum absolute atomic E-state index is 9.23. The van der Waals surface area contributed by atoms with E-state index < -0.39 is 0 Å². The highest BCUT2D eigenvalue weighted by molar-refractivity contribution is 5.37. The summed E-state index contributed by atoms with van der Waals surface area (Å²) in [7, 11) is 1.57. The van der Waals surface area contributed by atoms with Crippen LogP contribution in [-0.2, 0) is 6.42 Å². The minimum absolute atomic E-state index is 0.220. The van der Waals surface area contributed by atoms with Crippen LogP contribution in [0.25, 0.3) is 0 Å². The molecule has 1 rings (SSSR count). The van der Waals surface area contributed by atoms with Gasteiger partial charge in [0, 0.05) is 6.07 Å². The monoisotopic (exact) mass is 167 g/mol. The number of hydrogen-bond donors (Lipinski definition) is 2. The molecule has 3 heteroatoms. The minimum Gasteiger partial charge on any atom is -0.508 e. The second kappa shape index (κ2) is 3.97. The largest absolute Gasteiger partial charge is 0.508 e. The van der Waals surface area contributed by atoms with Gasteiger partial charge in [-0.2, -0.15) is 0 Å². The molecule has 0 aromatic heterocycles. The van der Waals surface area contributed by atoms with Crippen molar-refractivity contribution in [2.45, 2.75) is 6.42 Å². The van der Waals surface area contributed by atoms with Crippen LogP contribution in [0.15, 0.2) is 18.2 Å². The fourth-order valence-electron chi connectivity index (χ4n) is 1.07. The van der Waals surface area contributed by atoms with Crippen molar-refractivity contribution >= 4 is 0 Å². The predicted molar refractivity (Wildman–Crippen MR) is 47.4 cm³/mol. The van der Waals surface area contributed by atoms with Crippen LogP contribution in [0.5, 0.6) is 11.5 Å². The summed E-state index contributed by atoms with van der Waals surface area (Å²) in [6, 6.07) is 5.13. The van der Waals surface area contributed by atoms with Gasteiger partial charge in [-0.25, -0.2) is 0 Å². The van der Waals surface area contributed by atoms with Gasteiger partial charge in [0.2, 0.25) is 0 Å². The van der Waals surface area contributed by atoms with Crippen molar-refractivity contribution in [2.24, 2.45) is 5.73 Å². The SMILES string of the molecule is COc1cc(O)cc(CCN)c1. The van der Waals surface area contributed by atoms with E-state index in [-0.39, 0.29) is 5.75 Å². The Morgan fingerprint density at radius 1 is 1.42 bits per heavy atom. The maximum atomic E-state index is 9.23. The number of aromatic hydroxyl groups is 1. The molecule has 0 aliphatic heterocycles. The summed E-state index contributed by atoms with van der Waals surface area (Å²) >= 11 is 0. The van der Waals surface area contributed by atoms with E-state index in [0.29, 0.717) is 12.3 Å². The highest BCUT2D eigenvalue weighted by atomic mass is 16.5. The number of benzene rings is 1. The van der Waals surface area contributed by atoms with Crippen molar-refractivity contribution < 1.29 is 9.84 Å². The Labute approximate surface area is 71.8 Å². The molecular formula is C9H13NO2. The predicted octanol–water partition coefficient (Wildman–Crippen LogP) is 0.902. The molecule has 0 heterocycles. The van der Waals surface area contributed by atoms with E-state index in [1.807, 2.05) is 6.07 Å². The Morgan fingerprint density at radius 3 is 2.75 bits per heavy atom. The normalized spacial score (nSPS) is 9.83. The standard InChI is InChI=1S/C9H13NO2/c1-12-9-5-7(2-3-10)4-8(11)6-9/h4-6,11H,2-3,10H2,1H3. The lowest BCUT2D eigenvalue weighted by atomic mass is 10.1. The number of methoxy groups -OCH3 is 1. The lowest BCUT2D eigenvalue weighted by molar-refractivity contribution is 0.407. The summed E-state index contributed by atoms with van der Waals surface area (Å²) in [5.74, 6) is 0.885. The van der Waals surface area contributed by atoms with Crippen LogP contribution >= 0.6 is 0 Å². The summed E-state index contributed by atoms with van der Waals surface area (Å²) in [6.07, 6.45) is 0.755. The Kier molecular flexibility index (Phi) is 2.94. The Hall–Kier alpha value is -1.22. The van der Waals surface area contributed by atoms with Crippen LogP contribution in [0, 0.1) is 0 Å². The van der Waals surface area contributed by atoms with Gasteiger partial charge in [-0.05, 0) is 30.7 Å². The van der Waals surface area contributed by atoms with Crippen LogP contribution in [-0.4, -0.2) is 18.8 Å². The molecule has 1 aromatic rings. The van der Waals surface area contributed by atoms with Crippen LogP contribution < -0.4 is 10.5 Å². The average Bonchev–Trinajstić information content (AvgIpc) is 2.04. The minimum atomic E-state index is 0.220. The first-order valence-electron chi connectivity index (χ1n) is 3.83. The van der Waals surface area contributed by atoms with Crippen molar-refractivity contribution in [1.29, 1.82) is 0 Å². The fraction of sp³-hybridized carbons (Fsp3) is 0.333. The number of hydrogen-bond acceptors (Lipinski definition) is 3.